The minimum atomic E-state index is 0.238. The summed E-state index contributed by atoms with van der Waals surface area (Å²) in [5.74, 6) is 1.17. The Morgan fingerprint density at radius 3 is 2.38 bits per heavy atom. The van der Waals surface area contributed by atoms with Gasteiger partial charge in [-0.3, -0.25) is 9.69 Å². The first-order chi connectivity index (χ1) is 10.3. The van der Waals surface area contributed by atoms with Gasteiger partial charge in [-0.05, 0) is 29.9 Å². The second kappa shape index (κ2) is 6.58. The van der Waals surface area contributed by atoms with Crippen LogP contribution in [0.1, 0.15) is 24.0 Å². The number of nitrogens with two attached hydrogens (primary N) is 1. The summed E-state index contributed by atoms with van der Waals surface area (Å²) in [5.41, 5.74) is 7.90. The lowest BCUT2D eigenvalue weighted by molar-refractivity contribution is -0.132. The maximum absolute atomic E-state index is 12.4. The van der Waals surface area contributed by atoms with Crippen molar-refractivity contribution in [3.63, 3.8) is 0 Å². The highest BCUT2D eigenvalue weighted by atomic mass is 16.2. The lowest BCUT2D eigenvalue weighted by atomic mass is 10.0. The molecule has 2 N–H and O–H groups in total. The van der Waals surface area contributed by atoms with E-state index in [-0.39, 0.29) is 5.91 Å². The highest BCUT2D eigenvalue weighted by molar-refractivity contribution is 5.79. The summed E-state index contributed by atoms with van der Waals surface area (Å²) < 4.78 is 0. The van der Waals surface area contributed by atoms with Crippen molar-refractivity contribution in [1.82, 2.24) is 9.80 Å². The van der Waals surface area contributed by atoms with Crippen LogP contribution >= 0.6 is 0 Å². The van der Waals surface area contributed by atoms with Gasteiger partial charge < -0.3 is 10.6 Å². The van der Waals surface area contributed by atoms with E-state index in [4.69, 9.17) is 5.73 Å². The first-order valence-electron chi connectivity index (χ1n) is 8.03. The molecule has 1 aromatic carbocycles. The van der Waals surface area contributed by atoms with Crippen molar-refractivity contribution in [2.45, 2.75) is 25.8 Å². The summed E-state index contributed by atoms with van der Waals surface area (Å²) in [6.45, 7) is 5.53. The lowest BCUT2D eigenvalue weighted by Gasteiger charge is -2.35. The molecule has 21 heavy (non-hydrogen) atoms. The third kappa shape index (κ3) is 3.83. The summed E-state index contributed by atoms with van der Waals surface area (Å²) >= 11 is 0. The number of carbonyl (C=O) groups is 1. The molecule has 2 aliphatic rings. The van der Waals surface area contributed by atoms with E-state index in [2.05, 4.69) is 4.90 Å². The molecule has 4 nitrogen and oxygen atoms in total. The van der Waals surface area contributed by atoms with Gasteiger partial charge in [0, 0.05) is 39.3 Å². The highest BCUT2D eigenvalue weighted by Gasteiger charge is 2.27. The fraction of sp³-hybridized carbons (Fsp3) is 0.588. The number of rotatable bonds is 5. The highest BCUT2D eigenvalue weighted by Crippen LogP contribution is 2.29. The Hall–Kier alpha value is -1.39. The fourth-order valence-electron chi connectivity index (χ4n) is 3.05. The van der Waals surface area contributed by atoms with Gasteiger partial charge in [0.05, 0.1) is 6.42 Å². The van der Waals surface area contributed by atoms with Crippen LogP contribution in [0.2, 0.25) is 0 Å². The van der Waals surface area contributed by atoms with E-state index in [0.29, 0.717) is 13.0 Å². The maximum Gasteiger partial charge on any atom is 0.227 e. The van der Waals surface area contributed by atoms with Gasteiger partial charge in [-0.2, -0.15) is 0 Å². The van der Waals surface area contributed by atoms with E-state index in [0.717, 1.165) is 43.2 Å². The predicted molar refractivity (Wildman–Crippen MR) is 83.8 cm³/mol. The Morgan fingerprint density at radius 1 is 1.10 bits per heavy atom. The van der Waals surface area contributed by atoms with E-state index in [9.17, 15) is 4.79 Å². The molecule has 1 amide bonds. The largest absolute Gasteiger partial charge is 0.340 e. The minimum absolute atomic E-state index is 0.238. The molecular formula is C17H25N3O. The summed E-state index contributed by atoms with van der Waals surface area (Å²) in [4.78, 5) is 17.0. The van der Waals surface area contributed by atoms with Crippen LogP contribution in [-0.2, 0) is 17.8 Å². The Bertz CT molecular complexity index is 491. The van der Waals surface area contributed by atoms with Gasteiger partial charge in [-0.1, -0.05) is 24.3 Å². The van der Waals surface area contributed by atoms with Crippen molar-refractivity contribution in [3.05, 3.63) is 35.4 Å². The van der Waals surface area contributed by atoms with Crippen LogP contribution in [-0.4, -0.2) is 48.4 Å². The zero-order valence-corrected chi connectivity index (χ0v) is 12.6. The van der Waals surface area contributed by atoms with E-state index in [1.54, 1.807) is 0 Å². The Kier molecular flexibility index (Phi) is 4.56. The van der Waals surface area contributed by atoms with Gasteiger partial charge in [-0.15, -0.1) is 0 Å². The Balaban J connectivity index is 1.51. The van der Waals surface area contributed by atoms with Crippen molar-refractivity contribution in [1.29, 1.82) is 0 Å². The molecule has 0 unspecified atom stereocenters. The van der Waals surface area contributed by atoms with Crippen LogP contribution in [0.25, 0.3) is 0 Å². The first-order valence-corrected chi connectivity index (χ1v) is 8.03. The molecule has 0 bridgehead atoms. The zero-order chi connectivity index (χ0) is 14.7. The van der Waals surface area contributed by atoms with Gasteiger partial charge in [0.2, 0.25) is 5.91 Å². The number of amides is 1. The van der Waals surface area contributed by atoms with E-state index >= 15 is 0 Å². The Morgan fingerprint density at radius 2 is 1.76 bits per heavy atom. The standard InChI is InChI=1S/C17H25N3O/c18-12-16-4-2-1-3-15(16)11-17(21)20-9-7-19(8-10-20)13-14-5-6-14/h1-4,14H,5-13,18H2. The number of piperazine rings is 1. The van der Waals surface area contributed by atoms with Gasteiger partial charge in [0.15, 0.2) is 0 Å². The predicted octanol–water partition coefficient (Wildman–Crippen LogP) is 1.24. The summed E-state index contributed by atoms with van der Waals surface area (Å²) in [6, 6.07) is 7.99. The molecule has 1 heterocycles. The van der Waals surface area contributed by atoms with Crippen molar-refractivity contribution < 1.29 is 4.79 Å². The summed E-state index contributed by atoms with van der Waals surface area (Å²) in [5, 5.41) is 0. The van der Waals surface area contributed by atoms with Crippen LogP contribution < -0.4 is 5.73 Å². The molecule has 0 aromatic heterocycles. The van der Waals surface area contributed by atoms with Crippen LogP contribution in [0, 0.1) is 5.92 Å². The summed E-state index contributed by atoms with van der Waals surface area (Å²) in [6.07, 6.45) is 3.28. The molecule has 3 rings (SSSR count). The third-order valence-electron chi connectivity index (χ3n) is 4.62. The van der Waals surface area contributed by atoms with E-state index in [1.807, 2.05) is 29.2 Å². The Labute approximate surface area is 126 Å². The van der Waals surface area contributed by atoms with Gasteiger partial charge >= 0.3 is 0 Å². The van der Waals surface area contributed by atoms with Crippen molar-refractivity contribution in [2.75, 3.05) is 32.7 Å². The quantitative estimate of drug-likeness (QED) is 0.886. The van der Waals surface area contributed by atoms with Crippen LogP contribution in [0.4, 0.5) is 0 Å². The number of hydrogen-bond donors (Lipinski definition) is 1. The lowest BCUT2D eigenvalue weighted by Crippen LogP contribution is -2.49. The van der Waals surface area contributed by atoms with E-state index < -0.39 is 0 Å². The molecule has 2 fully saturated rings. The molecule has 1 aliphatic carbocycles. The first kappa shape index (κ1) is 14.5. The number of carbonyl (C=O) groups excluding carboxylic acids is 1. The maximum atomic E-state index is 12.4. The van der Waals surface area contributed by atoms with Gasteiger partial charge in [-0.25, -0.2) is 0 Å². The average Bonchev–Trinajstić information content (AvgIpc) is 3.32. The number of benzene rings is 1. The minimum Gasteiger partial charge on any atom is -0.340 e. The average molecular weight is 287 g/mol. The number of nitrogens with zero attached hydrogens (tertiary/aromatic N) is 2. The molecule has 1 aliphatic heterocycles. The third-order valence-corrected chi connectivity index (χ3v) is 4.62. The monoisotopic (exact) mass is 287 g/mol. The SMILES string of the molecule is NCc1ccccc1CC(=O)N1CCN(CC2CC2)CC1. The molecular weight excluding hydrogens is 262 g/mol. The molecule has 0 atom stereocenters. The summed E-state index contributed by atoms with van der Waals surface area (Å²) in [7, 11) is 0. The van der Waals surface area contributed by atoms with E-state index in [1.165, 1.54) is 19.4 Å². The fourth-order valence-corrected chi connectivity index (χ4v) is 3.05. The normalized spacial score (nSPS) is 19.8. The molecule has 1 saturated carbocycles. The zero-order valence-electron chi connectivity index (χ0n) is 12.6. The second-order valence-corrected chi connectivity index (χ2v) is 6.27. The topological polar surface area (TPSA) is 49.6 Å². The molecule has 114 valence electrons. The molecule has 1 saturated heterocycles. The number of hydrogen-bond acceptors (Lipinski definition) is 3. The smallest absolute Gasteiger partial charge is 0.227 e. The van der Waals surface area contributed by atoms with Gasteiger partial charge in [0.1, 0.15) is 0 Å². The van der Waals surface area contributed by atoms with Crippen molar-refractivity contribution in [3.8, 4) is 0 Å². The molecule has 0 radical (unpaired) electrons. The molecule has 0 spiro atoms. The second-order valence-electron chi connectivity index (χ2n) is 6.27. The van der Waals surface area contributed by atoms with Gasteiger partial charge in [0.25, 0.3) is 0 Å². The molecule has 1 aromatic rings. The molecule has 4 heteroatoms. The van der Waals surface area contributed by atoms with Crippen LogP contribution in [0.3, 0.4) is 0 Å². The van der Waals surface area contributed by atoms with Crippen LogP contribution in [0.5, 0.6) is 0 Å². The van der Waals surface area contributed by atoms with Crippen molar-refractivity contribution >= 4 is 5.91 Å². The van der Waals surface area contributed by atoms with Crippen LogP contribution in [0.15, 0.2) is 24.3 Å². The van der Waals surface area contributed by atoms with Crippen molar-refractivity contribution in [2.24, 2.45) is 11.7 Å².